The molecule has 0 fully saturated rings. The second-order valence-electron chi connectivity index (χ2n) is 2.00. The van der Waals surface area contributed by atoms with Gasteiger partial charge in [0.25, 0.3) is 0 Å². The van der Waals surface area contributed by atoms with Crippen LogP contribution in [0.5, 0.6) is 0 Å². The fraction of sp³-hybridized carbons (Fsp3) is 0.200. The van der Waals surface area contributed by atoms with Gasteiger partial charge in [0, 0.05) is 7.05 Å². The van der Waals surface area contributed by atoms with Gasteiger partial charge in [-0.25, -0.2) is 0 Å². The molecule has 0 atom stereocenters. The molecular weight excluding hydrogens is 144 g/mol. The molecule has 0 spiro atoms. The summed E-state index contributed by atoms with van der Waals surface area (Å²) in [5, 5.41) is 20.6. The monoisotopic (exact) mass is 150 g/mol. The first-order valence-electron chi connectivity index (χ1n) is 3.11. The molecule has 56 valence electrons. The molecule has 0 aromatic carbocycles. The molecule has 2 N–H and O–H groups in total. The number of nitrogens with one attached hydrogen (secondary N) is 2. The second kappa shape index (κ2) is 2.15. The largest absolute Gasteiger partial charge is 0.370 e. The van der Waals surface area contributed by atoms with Crippen molar-refractivity contribution in [3.8, 4) is 0 Å². The zero-order valence-electron chi connectivity index (χ0n) is 5.87. The van der Waals surface area contributed by atoms with Crippen LogP contribution < -0.4 is 5.32 Å². The maximum atomic E-state index is 3.89. The smallest absolute Gasteiger partial charge is 0.178 e. The lowest BCUT2D eigenvalue weighted by Gasteiger charge is -1.94. The summed E-state index contributed by atoms with van der Waals surface area (Å²) in [5.74, 6) is 0.635. The Morgan fingerprint density at radius 1 is 1.45 bits per heavy atom. The summed E-state index contributed by atoms with van der Waals surface area (Å²) in [7, 11) is 1.76. The van der Waals surface area contributed by atoms with E-state index < -0.39 is 0 Å². The Bertz CT molecular complexity index is 366. The van der Waals surface area contributed by atoms with Crippen molar-refractivity contribution in [1.82, 2.24) is 25.6 Å². The Labute approximate surface area is 62.0 Å². The highest BCUT2D eigenvalue weighted by Gasteiger charge is 2.03. The number of aromatic nitrogens is 5. The van der Waals surface area contributed by atoms with E-state index in [9.17, 15) is 0 Å². The number of aromatic amines is 1. The van der Waals surface area contributed by atoms with Gasteiger partial charge in [-0.15, -0.1) is 5.10 Å². The normalized spacial score (nSPS) is 10.3. The molecule has 0 bridgehead atoms. The van der Waals surface area contributed by atoms with E-state index in [1.807, 2.05) is 0 Å². The topological polar surface area (TPSA) is 79.4 Å². The summed E-state index contributed by atoms with van der Waals surface area (Å²) in [6, 6.07) is 0. The third-order valence-electron chi connectivity index (χ3n) is 1.37. The molecule has 2 rings (SSSR count). The molecule has 0 aliphatic heterocycles. The average molecular weight is 150 g/mol. The Kier molecular flexibility index (Phi) is 1.18. The maximum absolute atomic E-state index is 3.89. The first-order valence-corrected chi connectivity index (χ1v) is 3.11. The van der Waals surface area contributed by atoms with E-state index in [4.69, 9.17) is 0 Å². The van der Waals surface area contributed by atoms with E-state index >= 15 is 0 Å². The number of hydrogen-bond donors (Lipinski definition) is 2. The van der Waals surface area contributed by atoms with Gasteiger partial charge in [0.15, 0.2) is 11.3 Å². The highest BCUT2D eigenvalue weighted by molar-refractivity contribution is 5.83. The number of anilines is 1. The van der Waals surface area contributed by atoms with Crippen LogP contribution in [0.4, 0.5) is 5.82 Å². The first-order chi connectivity index (χ1) is 5.42. The number of nitrogens with zero attached hydrogens (tertiary/aromatic N) is 4. The Morgan fingerprint density at radius 3 is 3.18 bits per heavy atom. The van der Waals surface area contributed by atoms with Crippen molar-refractivity contribution >= 4 is 16.9 Å². The molecule has 2 aromatic heterocycles. The van der Waals surface area contributed by atoms with Gasteiger partial charge < -0.3 is 5.32 Å². The summed E-state index contributed by atoms with van der Waals surface area (Å²) in [4.78, 5) is 0. The molecule has 6 nitrogen and oxygen atoms in total. The molecule has 2 aromatic rings. The van der Waals surface area contributed by atoms with Crippen molar-refractivity contribution in [3.05, 3.63) is 6.20 Å². The standard InChI is InChI=1S/C5H6N6/c1-6-5-4-3(2-7-10-5)8-11-9-4/h2H,1H3,(H,6,10)(H,8,9,11). The Morgan fingerprint density at radius 2 is 2.36 bits per heavy atom. The minimum atomic E-state index is 0.635. The second-order valence-corrected chi connectivity index (χ2v) is 2.00. The molecule has 0 saturated heterocycles. The predicted octanol–water partition coefficient (Wildman–Crippen LogP) is -0.210. The molecule has 0 radical (unpaired) electrons. The fourth-order valence-corrected chi connectivity index (χ4v) is 0.860. The van der Waals surface area contributed by atoms with Crippen LogP contribution in [-0.4, -0.2) is 32.7 Å². The van der Waals surface area contributed by atoms with Crippen LogP contribution in [-0.2, 0) is 0 Å². The average Bonchev–Trinajstić information content (AvgIpc) is 2.50. The molecule has 0 aliphatic carbocycles. The van der Waals surface area contributed by atoms with Crippen molar-refractivity contribution in [2.75, 3.05) is 12.4 Å². The van der Waals surface area contributed by atoms with Crippen molar-refractivity contribution in [2.24, 2.45) is 0 Å². The van der Waals surface area contributed by atoms with Crippen molar-refractivity contribution < 1.29 is 0 Å². The number of rotatable bonds is 1. The van der Waals surface area contributed by atoms with Crippen molar-refractivity contribution in [3.63, 3.8) is 0 Å². The van der Waals surface area contributed by atoms with Crippen LogP contribution in [0.3, 0.4) is 0 Å². The van der Waals surface area contributed by atoms with E-state index in [-0.39, 0.29) is 0 Å². The molecule has 11 heavy (non-hydrogen) atoms. The Hall–Kier alpha value is -1.72. The fourth-order valence-electron chi connectivity index (χ4n) is 0.860. The van der Waals surface area contributed by atoms with Gasteiger partial charge in [0.2, 0.25) is 0 Å². The summed E-state index contributed by atoms with van der Waals surface area (Å²) in [5.41, 5.74) is 1.42. The van der Waals surface area contributed by atoms with Crippen LogP contribution in [0.2, 0.25) is 0 Å². The summed E-state index contributed by atoms with van der Waals surface area (Å²) >= 11 is 0. The molecule has 0 unspecified atom stereocenters. The van der Waals surface area contributed by atoms with Gasteiger partial charge in [0.05, 0.1) is 6.20 Å². The van der Waals surface area contributed by atoms with Crippen LogP contribution in [0.15, 0.2) is 6.20 Å². The quantitative estimate of drug-likeness (QED) is 0.588. The van der Waals surface area contributed by atoms with E-state index in [1.165, 1.54) is 0 Å². The summed E-state index contributed by atoms with van der Waals surface area (Å²) < 4.78 is 0. The van der Waals surface area contributed by atoms with E-state index in [1.54, 1.807) is 13.2 Å². The zero-order chi connectivity index (χ0) is 7.68. The van der Waals surface area contributed by atoms with Crippen LogP contribution in [0.1, 0.15) is 0 Å². The highest BCUT2D eigenvalue weighted by atomic mass is 15.3. The van der Waals surface area contributed by atoms with Gasteiger partial charge >= 0.3 is 0 Å². The lowest BCUT2D eigenvalue weighted by molar-refractivity contribution is 0.959. The van der Waals surface area contributed by atoms with E-state index in [0.29, 0.717) is 16.9 Å². The van der Waals surface area contributed by atoms with Gasteiger partial charge in [-0.1, -0.05) is 0 Å². The summed E-state index contributed by atoms with van der Waals surface area (Å²) in [6.45, 7) is 0. The Balaban J connectivity index is 2.79. The summed E-state index contributed by atoms with van der Waals surface area (Å²) in [6.07, 6.45) is 1.56. The molecule has 6 heteroatoms. The number of hydrogen-bond acceptors (Lipinski definition) is 5. The molecular formula is C5H6N6. The third-order valence-corrected chi connectivity index (χ3v) is 1.37. The zero-order valence-corrected chi connectivity index (χ0v) is 5.87. The number of fused-ring (bicyclic) bond motifs is 1. The lowest BCUT2D eigenvalue weighted by Crippen LogP contribution is -1.94. The first kappa shape index (κ1) is 6.02. The molecule has 2 heterocycles. The van der Waals surface area contributed by atoms with E-state index in [0.717, 1.165) is 0 Å². The number of H-pyrrole nitrogens is 1. The van der Waals surface area contributed by atoms with Crippen LogP contribution in [0, 0.1) is 0 Å². The predicted molar refractivity (Wildman–Crippen MR) is 39.0 cm³/mol. The SMILES string of the molecule is CNc1nncc2n[nH]nc12. The minimum absolute atomic E-state index is 0.635. The van der Waals surface area contributed by atoms with Crippen LogP contribution >= 0.6 is 0 Å². The van der Waals surface area contributed by atoms with Crippen LogP contribution in [0.25, 0.3) is 11.0 Å². The van der Waals surface area contributed by atoms with Gasteiger partial charge in [0.1, 0.15) is 5.52 Å². The van der Waals surface area contributed by atoms with Crippen molar-refractivity contribution in [2.45, 2.75) is 0 Å². The van der Waals surface area contributed by atoms with Crippen molar-refractivity contribution in [1.29, 1.82) is 0 Å². The maximum Gasteiger partial charge on any atom is 0.178 e. The molecule has 0 aliphatic rings. The van der Waals surface area contributed by atoms with Gasteiger partial charge in [-0.05, 0) is 0 Å². The highest BCUT2D eigenvalue weighted by Crippen LogP contribution is 2.12. The lowest BCUT2D eigenvalue weighted by atomic mass is 10.4. The molecule has 0 saturated carbocycles. The van der Waals surface area contributed by atoms with Gasteiger partial charge in [-0.2, -0.15) is 20.5 Å². The van der Waals surface area contributed by atoms with Gasteiger partial charge in [-0.3, -0.25) is 0 Å². The third kappa shape index (κ3) is 0.794. The minimum Gasteiger partial charge on any atom is -0.370 e. The van der Waals surface area contributed by atoms with E-state index in [2.05, 4.69) is 30.9 Å². The molecule has 0 amide bonds.